The summed E-state index contributed by atoms with van der Waals surface area (Å²) in [7, 11) is 0. The SMILES string of the molecule is Cc1ccccc1C(O)(c1ccccc1)c1cc(O)c(O)c(O)c1C. The van der Waals surface area contributed by atoms with Crippen LogP contribution in [0.15, 0.2) is 60.7 Å². The summed E-state index contributed by atoms with van der Waals surface area (Å²) in [5.74, 6) is -1.53. The molecule has 0 amide bonds. The average molecular weight is 336 g/mol. The van der Waals surface area contributed by atoms with E-state index in [1.54, 1.807) is 19.1 Å². The van der Waals surface area contributed by atoms with E-state index in [1.807, 2.05) is 49.4 Å². The largest absolute Gasteiger partial charge is 0.504 e. The number of rotatable bonds is 3. The Bertz CT molecular complexity index is 919. The molecule has 1 unspecified atom stereocenters. The number of phenols is 3. The molecule has 25 heavy (non-hydrogen) atoms. The average Bonchev–Trinajstić information content (AvgIpc) is 2.63. The third-order valence-corrected chi connectivity index (χ3v) is 4.62. The number of aryl methyl sites for hydroxylation is 1. The van der Waals surface area contributed by atoms with Crippen molar-refractivity contribution in [3.05, 3.63) is 88.5 Å². The van der Waals surface area contributed by atoms with Gasteiger partial charge in [-0.3, -0.25) is 0 Å². The monoisotopic (exact) mass is 336 g/mol. The van der Waals surface area contributed by atoms with Gasteiger partial charge in [-0.05, 0) is 36.6 Å². The Labute approximate surface area is 146 Å². The Morgan fingerprint density at radius 2 is 1.32 bits per heavy atom. The van der Waals surface area contributed by atoms with Crippen LogP contribution in [-0.2, 0) is 5.60 Å². The van der Waals surface area contributed by atoms with Crippen LogP contribution in [0.25, 0.3) is 0 Å². The van der Waals surface area contributed by atoms with Gasteiger partial charge in [0.25, 0.3) is 0 Å². The van der Waals surface area contributed by atoms with E-state index in [-0.39, 0.29) is 0 Å². The molecule has 4 nitrogen and oxygen atoms in total. The fourth-order valence-electron chi connectivity index (χ4n) is 3.23. The molecule has 4 heteroatoms. The van der Waals surface area contributed by atoms with Gasteiger partial charge in [0.05, 0.1) is 0 Å². The first kappa shape index (κ1) is 16.9. The second-order valence-corrected chi connectivity index (χ2v) is 6.16. The molecule has 0 saturated carbocycles. The Kier molecular flexibility index (Phi) is 4.15. The van der Waals surface area contributed by atoms with Crippen LogP contribution in [0.4, 0.5) is 0 Å². The van der Waals surface area contributed by atoms with E-state index in [0.717, 1.165) is 5.56 Å². The van der Waals surface area contributed by atoms with E-state index in [1.165, 1.54) is 6.07 Å². The van der Waals surface area contributed by atoms with Gasteiger partial charge in [-0.25, -0.2) is 0 Å². The predicted octanol–water partition coefficient (Wildman–Crippen LogP) is 3.70. The Hall–Kier alpha value is -2.98. The minimum absolute atomic E-state index is 0.296. The van der Waals surface area contributed by atoms with Crippen LogP contribution in [0.3, 0.4) is 0 Å². The molecule has 0 bridgehead atoms. The van der Waals surface area contributed by atoms with E-state index in [2.05, 4.69) is 0 Å². The van der Waals surface area contributed by atoms with Gasteiger partial charge in [-0.15, -0.1) is 0 Å². The lowest BCUT2D eigenvalue weighted by Gasteiger charge is -2.33. The maximum absolute atomic E-state index is 11.8. The normalized spacial score (nSPS) is 13.4. The molecule has 3 rings (SSSR count). The molecule has 4 N–H and O–H groups in total. The van der Waals surface area contributed by atoms with Crippen LogP contribution in [-0.4, -0.2) is 20.4 Å². The number of aromatic hydroxyl groups is 3. The van der Waals surface area contributed by atoms with E-state index < -0.39 is 22.8 Å². The number of hydrogen-bond acceptors (Lipinski definition) is 4. The van der Waals surface area contributed by atoms with E-state index in [4.69, 9.17) is 0 Å². The second-order valence-electron chi connectivity index (χ2n) is 6.16. The highest BCUT2D eigenvalue weighted by atomic mass is 16.3. The number of phenolic OH excluding ortho intramolecular Hbond substituents is 3. The highest BCUT2D eigenvalue weighted by Gasteiger charge is 2.38. The van der Waals surface area contributed by atoms with Gasteiger partial charge in [-0.1, -0.05) is 54.6 Å². The van der Waals surface area contributed by atoms with Crippen molar-refractivity contribution in [3.63, 3.8) is 0 Å². The minimum Gasteiger partial charge on any atom is -0.504 e. The molecular formula is C21H20O4. The smallest absolute Gasteiger partial charge is 0.200 e. The molecule has 3 aromatic carbocycles. The number of hydrogen-bond donors (Lipinski definition) is 4. The summed E-state index contributed by atoms with van der Waals surface area (Å²) in [4.78, 5) is 0. The standard InChI is InChI=1S/C21H20O4/c1-13-8-6-7-11-16(13)21(25,15-9-4-3-5-10-15)17-12-18(22)20(24)19(23)14(17)2/h3-12,22-25H,1-2H3. The van der Waals surface area contributed by atoms with E-state index >= 15 is 0 Å². The van der Waals surface area contributed by atoms with Gasteiger partial charge >= 0.3 is 0 Å². The molecule has 0 radical (unpaired) electrons. The highest BCUT2D eigenvalue weighted by molar-refractivity contribution is 5.62. The molecule has 128 valence electrons. The highest BCUT2D eigenvalue weighted by Crippen LogP contribution is 2.47. The maximum Gasteiger partial charge on any atom is 0.200 e. The van der Waals surface area contributed by atoms with Crippen molar-refractivity contribution >= 4 is 0 Å². The minimum atomic E-state index is -1.60. The Balaban J connectivity index is 2.41. The summed E-state index contributed by atoms with van der Waals surface area (Å²) in [5, 5.41) is 41.8. The van der Waals surface area contributed by atoms with Gasteiger partial charge < -0.3 is 20.4 Å². The summed E-state index contributed by atoms with van der Waals surface area (Å²) in [6, 6.07) is 17.7. The van der Waals surface area contributed by atoms with Crippen molar-refractivity contribution in [2.75, 3.05) is 0 Å². The first-order valence-electron chi connectivity index (χ1n) is 7.96. The topological polar surface area (TPSA) is 80.9 Å². The zero-order chi connectivity index (χ0) is 18.2. The summed E-state index contributed by atoms with van der Waals surface area (Å²) in [5.41, 5.74) is 1.09. The summed E-state index contributed by atoms with van der Waals surface area (Å²) < 4.78 is 0. The van der Waals surface area contributed by atoms with Gasteiger partial charge in [-0.2, -0.15) is 0 Å². The molecule has 0 spiro atoms. The van der Waals surface area contributed by atoms with E-state index in [0.29, 0.717) is 22.3 Å². The molecule has 0 aliphatic rings. The molecular weight excluding hydrogens is 316 g/mol. The predicted molar refractivity (Wildman–Crippen MR) is 95.9 cm³/mol. The van der Waals surface area contributed by atoms with Gasteiger partial charge in [0.1, 0.15) is 5.60 Å². The van der Waals surface area contributed by atoms with Crippen molar-refractivity contribution in [1.29, 1.82) is 0 Å². The lowest BCUT2D eigenvalue weighted by molar-refractivity contribution is 0.123. The molecule has 0 aliphatic carbocycles. The van der Waals surface area contributed by atoms with Crippen molar-refractivity contribution in [1.82, 2.24) is 0 Å². The Morgan fingerprint density at radius 3 is 1.96 bits per heavy atom. The van der Waals surface area contributed by atoms with Crippen LogP contribution >= 0.6 is 0 Å². The molecule has 0 saturated heterocycles. The second kappa shape index (κ2) is 6.15. The third kappa shape index (κ3) is 2.61. The summed E-state index contributed by atoms with van der Waals surface area (Å²) in [6.07, 6.45) is 0. The quantitative estimate of drug-likeness (QED) is 0.434. The Morgan fingerprint density at radius 1 is 0.720 bits per heavy atom. The van der Waals surface area contributed by atoms with Gasteiger partial charge in [0, 0.05) is 11.1 Å². The van der Waals surface area contributed by atoms with Crippen molar-refractivity contribution in [2.24, 2.45) is 0 Å². The van der Waals surface area contributed by atoms with Crippen molar-refractivity contribution < 1.29 is 20.4 Å². The lowest BCUT2D eigenvalue weighted by atomic mass is 9.76. The van der Waals surface area contributed by atoms with Crippen molar-refractivity contribution in [3.8, 4) is 17.2 Å². The van der Waals surface area contributed by atoms with E-state index in [9.17, 15) is 20.4 Å². The summed E-state index contributed by atoms with van der Waals surface area (Å²) >= 11 is 0. The van der Waals surface area contributed by atoms with Crippen molar-refractivity contribution in [2.45, 2.75) is 19.4 Å². The third-order valence-electron chi connectivity index (χ3n) is 4.62. The fraction of sp³-hybridized carbons (Fsp3) is 0.143. The van der Waals surface area contributed by atoms with Gasteiger partial charge in [0.15, 0.2) is 11.5 Å². The lowest BCUT2D eigenvalue weighted by Crippen LogP contribution is -2.30. The molecule has 0 fully saturated rings. The van der Waals surface area contributed by atoms with Crippen LogP contribution in [0.2, 0.25) is 0 Å². The zero-order valence-corrected chi connectivity index (χ0v) is 14.1. The van der Waals surface area contributed by atoms with Crippen LogP contribution in [0.5, 0.6) is 17.2 Å². The molecule has 0 heterocycles. The maximum atomic E-state index is 11.8. The van der Waals surface area contributed by atoms with Crippen LogP contribution in [0.1, 0.15) is 27.8 Å². The first-order valence-corrected chi connectivity index (χ1v) is 7.96. The van der Waals surface area contributed by atoms with Crippen LogP contribution < -0.4 is 0 Å². The molecule has 0 aromatic heterocycles. The van der Waals surface area contributed by atoms with Gasteiger partial charge in [0.2, 0.25) is 5.75 Å². The summed E-state index contributed by atoms with van der Waals surface area (Å²) in [6.45, 7) is 3.48. The molecule has 1 atom stereocenters. The molecule has 0 aliphatic heterocycles. The number of benzene rings is 3. The zero-order valence-electron chi connectivity index (χ0n) is 14.1. The van der Waals surface area contributed by atoms with Crippen LogP contribution in [0, 0.1) is 13.8 Å². The first-order chi connectivity index (χ1) is 11.9. The fourth-order valence-corrected chi connectivity index (χ4v) is 3.23. The number of aliphatic hydroxyl groups is 1. The molecule has 3 aromatic rings.